The first kappa shape index (κ1) is 17.4. The molecule has 16 heavy (non-hydrogen) atoms. The van der Waals surface area contributed by atoms with E-state index in [1.165, 1.54) is 6.07 Å². The smallest absolute Gasteiger partial charge is 0.258 e. The van der Waals surface area contributed by atoms with Gasteiger partial charge in [0.15, 0.2) is 0 Å². The maximum atomic E-state index is 12.8. The van der Waals surface area contributed by atoms with Gasteiger partial charge in [0.05, 0.1) is 4.92 Å². The molecule has 5 heteroatoms. The molecule has 0 saturated carbocycles. The predicted octanol–water partition coefficient (Wildman–Crippen LogP) is 4.68. The lowest BCUT2D eigenvalue weighted by molar-refractivity contribution is -0.387. The fourth-order valence-electron chi connectivity index (χ4n) is 0.782. The average molecular weight is 294 g/mol. The minimum atomic E-state index is -0.794. The Morgan fingerprint density at radius 2 is 1.81 bits per heavy atom. The molecule has 0 aliphatic carbocycles. The molecule has 0 heterocycles. The van der Waals surface area contributed by atoms with Gasteiger partial charge in [-0.05, 0) is 11.6 Å². The standard InChI is InChI=1S/C7H5BrFNO2.2C2H6/c8-4-5-1-2-7(10(11)12)6(9)3-5;2*1-2/h1-3H,4H2;2*1-2H3. The molecule has 0 aromatic heterocycles. The summed E-state index contributed by atoms with van der Waals surface area (Å²) in [6.07, 6.45) is 0. The van der Waals surface area contributed by atoms with Crippen LogP contribution in [0.15, 0.2) is 18.2 Å². The molecule has 0 N–H and O–H groups in total. The quantitative estimate of drug-likeness (QED) is 0.451. The average Bonchev–Trinajstić information content (AvgIpc) is 2.33. The van der Waals surface area contributed by atoms with E-state index in [1.54, 1.807) is 0 Å². The van der Waals surface area contributed by atoms with Crippen LogP contribution in [0.5, 0.6) is 0 Å². The zero-order chi connectivity index (χ0) is 13.1. The molecule has 1 aromatic rings. The summed E-state index contributed by atoms with van der Waals surface area (Å²) >= 11 is 3.12. The van der Waals surface area contributed by atoms with E-state index in [4.69, 9.17) is 0 Å². The van der Waals surface area contributed by atoms with E-state index in [0.29, 0.717) is 10.9 Å². The SMILES string of the molecule is CC.CC.O=[N+]([O-])c1ccc(CBr)cc1F. The zero-order valence-corrected chi connectivity index (χ0v) is 11.5. The molecule has 0 atom stereocenters. The van der Waals surface area contributed by atoms with Crippen molar-refractivity contribution in [1.82, 2.24) is 0 Å². The van der Waals surface area contributed by atoms with E-state index in [9.17, 15) is 14.5 Å². The molecule has 92 valence electrons. The second-order valence-electron chi connectivity index (χ2n) is 2.18. The monoisotopic (exact) mass is 293 g/mol. The van der Waals surface area contributed by atoms with Crippen LogP contribution in [0, 0.1) is 15.9 Å². The van der Waals surface area contributed by atoms with Crippen molar-refractivity contribution < 1.29 is 9.31 Å². The molecule has 0 unspecified atom stereocenters. The Labute approximate surface area is 104 Å². The van der Waals surface area contributed by atoms with Gasteiger partial charge in [-0.15, -0.1) is 0 Å². The minimum Gasteiger partial charge on any atom is -0.258 e. The van der Waals surface area contributed by atoms with Crippen molar-refractivity contribution in [3.63, 3.8) is 0 Å². The second-order valence-corrected chi connectivity index (χ2v) is 2.74. The van der Waals surface area contributed by atoms with Crippen molar-refractivity contribution in [2.45, 2.75) is 33.0 Å². The summed E-state index contributed by atoms with van der Waals surface area (Å²) in [7, 11) is 0. The minimum absolute atomic E-state index is 0.486. The van der Waals surface area contributed by atoms with Crippen molar-refractivity contribution in [2.75, 3.05) is 0 Å². The Kier molecular flexibility index (Phi) is 11.5. The maximum Gasteiger partial charge on any atom is 0.304 e. The van der Waals surface area contributed by atoms with E-state index in [1.807, 2.05) is 27.7 Å². The Bertz CT molecular complexity index is 319. The lowest BCUT2D eigenvalue weighted by Gasteiger charge is -1.95. The van der Waals surface area contributed by atoms with Crippen molar-refractivity contribution in [1.29, 1.82) is 0 Å². The third-order valence-corrected chi connectivity index (χ3v) is 2.01. The van der Waals surface area contributed by atoms with E-state index < -0.39 is 16.4 Å². The van der Waals surface area contributed by atoms with Crippen LogP contribution in [-0.2, 0) is 5.33 Å². The lowest BCUT2D eigenvalue weighted by Crippen LogP contribution is -1.92. The summed E-state index contributed by atoms with van der Waals surface area (Å²) in [5.74, 6) is -0.794. The van der Waals surface area contributed by atoms with Crippen LogP contribution < -0.4 is 0 Å². The maximum absolute atomic E-state index is 12.8. The summed E-state index contributed by atoms with van der Waals surface area (Å²) in [6, 6.07) is 3.81. The van der Waals surface area contributed by atoms with Crippen LogP contribution in [0.1, 0.15) is 33.3 Å². The number of benzene rings is 1. The van der Waals surface area contributed by atoms with Crippen LogP contribution in [-0.4, -0.2) is 4.92 Å². The van der Waals surface area contributed by atoms with Crippen molar-refractivity contribution in [3.8, 4) is 0 Å². The molecule has 0 amide bonds. The molecule has 1 rings (SSSR count). The van der Waals surface area contributed by atoms with E-state index in [0.717, 1.165) is 12.1 Å². The first-order valence-corrected chi connectivity index (χ1v) is 6.26. The lowest BCUT2D eigenvalue weighted by atomic mass is 10.2. The molecule has 0 aliphatic heterocycles. The highest BCUT2D eigenvalue weighted by Crippen LogP contribution is 2.18. The van der Waals surface area contributed by atoms with E-state index >= 15 is 0 Å². The van der Waals surface area contributed by atoms with Gasteiger partial charge in [-0.3, -0.25) is 10.1 Å². The van der Waals surface area contributed by atoms with Crippen LogP contribution in [0.3, 0.4) is 0 Å². The van der Waals surface area contributed by atoms with Gasteiger partial charge >= 0.3 is 5.69 Å². The van der Waals surface area contributed by atoms with Gasteiger partial charge in [0.25, 0.3) is 0 Å². The highest BCUT2D eigenvalue weighted by molar-refractivity contribution is 9.08. The number of nitro benzene ring substituents is 1. The molecule has 0 saturated heterocycles. The number of rotatable bonds is 2. The summed E-state index contributed by atoms with van der Waals surface area (Å²) in [4.78, 5) is 9.43. The Hall–Kier alpha value is -0.970. The number of nitrogens with zero attached hydrogens (tertiary/aromatic N) is 1. The van der Waals surface area contributed by atoms with E-state index in [2.05, 4.69) is 15.9 Å². The predicted molar refractivity (Wildman–Crippen MR) is 68.4 cm³/mol. The summed E-state index contributed by atoms with van der Waals surface area (Å²) in [6.45, 7) is 8.00. The first-order valence-electron chi connectivity index (χ1n) is 5.14. The zero-order valence-electron chi connectivity index (χ0n) is 9.96. The van der Waals surface area contributed by atoms with Crippen LogP contribution >= 0.6 is 15.9 Å². The number of nitro groups is 1. The number of hydrogen-bond donors (Lipinski definition) is 0. The third kappa shape index (κ3) is 5.80. The second kappa shape index (κ2) is 10.5. The van der Waals surface area contributed by atoms with Crippen LogP contribution in [0.2, 0.25) is 0 Å². The molecule has 0 bridgehead atoms. The van der Waals surface area contributed by atoms with Gasteiger partial charge in [0.2, 0.25) is 5.82 Å². The topological polar surface area (TPSA) is 43.1 Å². The first-order chi connectivity index (χ1) is 7.65. The van der Waals surface area contributed by atoms with E-state index in [-0.39, 0.29) is 0 Å². The fourth-order valence-corrected chi connectivity index (χ4v) is 1.13. The molecule has 3 nitrogen and oxygen atoms in total. The van der Waals surface area contributed by atoms with Crippen molar-refractivity contribution >= 4 is 21.6 Å². The number of hydrogen-bond acceptors (Lipinski definition) is 2. The third-order valence-electron chi connectivity index (χ3n) is 1.36. The Morgan fingerprint density at radius 1 is 1.31 bits per heavy atom. The Morgan fingerprint density at radius 3 is 2.12 bits per heavy atom. The molecule has 0 spiro atoms. The number of alkyl halides is 1. The van der Waals surface area contributed by atoms with Gasteiger partial charge < -0.3 is 0 Å². The summed E-state index contributed by atoms with van der Waals surface area (Å²) < 4.78 is 12.8. The van der Waals surface area contributed by atoms with Gasteiger partial charge in [-0.25, -0.2) is 0 Å². The highest BCUT2D eigenvalue weighted by atomic mass is 79.9. The van der Waals surface area contributed by atoms with Gasteiger partial charge in [-0.1, -0.05) is 49.7 Å². The summed E-state index contributed by atoms with van der Waals surface area (Å²) in [5, 5.41) is 10.7. The van der Waals surface area contributed by atoms with Crippen LogP contribution in [0.4, 0.5) is 10.1 Å². The van der Waals surface area contributed by atoms with Crippen molar-refractivity contribution in [2.24, 2.45) is 0 Å². The van der Waals surface area contributed by atoms with Gasteiger partial charge in [0.1, 0.15) is 0 Å². The highest BCUT2D eigenvalue weighted by Gasteiger charge is 2.12. The molecular weight excluding hydrogens is 277 g/mol. The normalized spacial score (nSPS) is 8.12. The molecular formula is C11H17BrFNO2. The van der Waals surface area contributed by atoms with Gasteiger partial charge in [-0.2, -0.15) is 4.39 Å². The summed E-state index contributed by atoms with van der Waals surface area (Å²) in [5.41, 5.74) is 0.192. The molecule has 0 aliphatic rings. The van der Waals surface area contributed by atoms with Crippen molar-refractivity contribution in [3.05, 3.63) is 39.7 Å². The molecule has 0 radical (unpaired) electrons. The largest absolute Gasteiger partial charge is 0.304 e. The molecule has 0 fully saturated rings. The fraction of sp³-hybridized carbons (Fsp3) is 0.455. The number of halogens is 2. The van der Waals surface area contributed by atoms with Gasteiger partial charge in [0, 0.05) is 11.4 Å². The molecule has 1 aromatic carbocycles. The van der Waals surface area contributed by atoms with Crippen LogP contribution in [0.25, 0.3) is 0 Å². The Balaban J connectivity index is 0.